The molecular weight excluding hydrogens is 516 g/mol. The number of hydrogen-bond acceptors (Lipinski definition) is 4. The largest absolute Gasteiger partial charge is 0.493 e. The predicted molar refractivity (Wildman–Crippen MR) is 118 cm³/mol. The number of hydrogen-bond donors (Lipinski definition) is 2. The van der Waals surface area contributed by atoms with Crippen molar-refractivity contribution in [1.29, 1.82) is 5.26 Å². The second-order valence-corrected chi connectivity index (χ2v) is 8.63. The Bertz CT molecular complexity index is 1320. The number of likely N-dealkylation sites (tertiary alicyclic amines) is 1. The fraction of sp³-hybridized carbons (Fsp3) is 0.190. The van der Waals surface area contributed by atoms with Crippen LogP contribution in [0.15, 0.2) is 47.3 Å². The SMILES string of the molecule is N#Cc1ccc(-n2c(O)c3n(c2=O)[C@H]2C[C@@H]3N(C(=O)Nc3ccc(F)cc3)C2)cc1I. The summed E-state index contributed by atoms with van der Waals surface area (Å²) in [6, 6.07) is 11.3. The summed E-state index contributed by atoms with van der Waals surface area (Å²) in [4.78, 5) is 27.5. The fourth-order valence-electron chi connectivity index (χ4n) is 4.37. The number of anilines is 1. The summed E-state index contributed by atoms with van der Waals surface area (Å²) in [5.41, 5.74) is 1.41. The van der Waals surface area contributed by atoms with Gasteiger partial charge in [-0.1, -0.05) is 0 Å². The van der Waals surface area contributed by atoms with Gasteiger partial charge in [0.15, 0.2) is 0 Å². The summed E-state index contributed by atoms with van der Waals surface area (Å²) < 4.78 is 16.5. The first-order valence-electron chi connectivity index (χ1n) is 9.48. The number of benzene rings is 2. The molecule has 2 atom stereocenters. The molecule has 31 heavy (non-hydrogen) atoms. The first kappa shape index (κ1) is 19.6. The van der Waals surface area contributed by atoms with Gasteiger partial charge in [0, 0.05) is 15.8 Å². The number of nitrogens with zero attached hydrogens (tertiary/aromatic N) is 4. The van der Waals surface area contributed by atoms with E-state index in [2.05, 4.69) is 11.4 Å². The standard InChI is InChI=1S/C21H15FIN5O3/c22-12-2-4-13(5-3-12)25-20(30)26-10-15-8-17(26)18-19(29)28(21(31)27(15)18)14-6-1-11(9-24)16(23)7-14/h1-7,15,17,29H,8,10H2,(H,25,30)/t15-,17-/m0/s1. The van der Waals surface area contributed by atoms with Crippen LogP contribution in [0.5, 0.6) is 5.88 Å². The number of aromatic hydroxyl groups is 1. The number of nitrogens with one attached hydrogen (secondary N) is 1. The number of imidazole rings is 1. The third-order valence-electron chi connectivity index (χ3n) is 5.75. The number of rotatable bonds is 2. The van der Waals surface area contributed by atoms with Crippen LogP contribution >= 0.6 is 22.6 Å². The molecule has 3 heterocycles. The molecule has 2 aliphatic heterocycles. The highest BCUT2D eigenvalue weighted by atomic mass is 127. The van der Waals surface area contributed by atoms with Crippen LogP contribution in [0.25, 0.3) is 5.69 Å². The van der Waals surface area contributed by atoms with Crippen molar-refractivity contribution in [3.63, 3.8) is 0 Å². The van der Waals surface area contributed by atoms with Crippen LogP contribution in [0.2, 0.25) is 0 Å². The molecule has 0 aliphatic carbocycles. The van der Waals surface area contributed by atoms with E-state index < -0.39 is 11.9 Å². The summed E-state index contributed by atoms with van der Waals surface area (Å²) in [6.45, 7) is 0.332. The Morgan fingerprint density at radius 3 is 2.68 bits per heavy atom. The molecule has 0 saturated carbocycles. The third kappa shape index (κ3) is 2.99. The molecule has 3 aromatic rings. The van der Waals surface area contributed by atoms with E-state index in [1.165, 1.54) is 28.8 Å². The van der Waals surface area contributed by atoms with Crippen LogP contribution in [0.4, 0.5) is 14.9 Å². The Morgan fingerprint density at radius 2 is 2.00 bits per heavy atom. The van der Waals surface area contributed by atoms with E-state index in [0.29, 0.717) is 39.2 Å². The highest BCUT2D eigenvalue weighted by Gasteiger charge is 2.49. The summed E-state index contributed by atoms with van der Waals surface area (Å²) in [5.74, 6) is -0.608. The van der Waals surface area contributed by atoms with Gasteiger partial charge < -0.3 is 15.3 Å². The normalized spacial score (nSPS) is 18.7. The van der Waals surface area contributed by atoms with Crippen LogP contribution in [0.3, 0.4) is 0 Å². The maximum atomic E-state index is 13.1. The minimum atomic E-state index is -0.447. The summed E-state index contributed by atoms with van der Waals surface area (Å²) in [7, 11) is 0. The average molecular weight is 531 g/mol. The molecule has 5 rings (SSSR count). The van der Waals surface area contributed by atoms with Gasteiger partial charge in [-0.25, -0.2) is 18.5 Å². The Kier molecular flexibility index (Phi) is 4.51. The van der Waals surface area contributed by atoms with Gasteiger partial charge in [-0.2, -0.15) is 5.26 Å². The Balaban J connectivity index is 1.48. The molecule has 10 heteroatoms. The van der Waals surface area contributed by atoms with Crippen molar-refractivity contribution in [3.8, 4) is 17.6 Å². The highest BCUT2D eigenvalue weighted by Crippen LogP contribution is 2.48. The number of urea groups is 1. The van der Waals surface area contributed by atoms with Crippen molar-refractivity contribution < 1.29 is 14.3 Å². The van der Waals surface area contributed by atoms with E-state index in [0.717, 1.165) is 0 Å². The number of amides is 2. The zero-order valence-electron chi connectivity index (χ0n) is 15.9. The van der Waals surface area contributed by atoms with Crippen molar-refractivity contribution >= 4 is 34.3 Å². The van der Waals surface area contributed by atoms with Crippen molar-refractivity contribution in [2.24, 2.45) is 0 Å². The van der Waals surface area contributed by atoms with Gasteiger partial charge in [0.2, 0.25) is 5.88 Å². The topological polar surface area (TPSA) is 103 Å². The lowest BCUT2D eigenvalue weighted by molar-refractivity contribution is 0.198. The Labute approximate surface area is 189 Å². The quantitative estimate of drug-likeness (QED) is 0.495. The molecule has 2 aliphatic rings. The summed E-state index contributed by atoms with van der Waals surface area (Å²) >= 11 is 2.01. The zero-order valence-corrected chi connectivity index (χ0v) is 18.1. The molecule has 2 amide bonds. The lowest BCUT2D eigenvalue weighted by Crippen LogP contribution is -2.40. The monoisotopic (exact) mass is 531 g/mol. The first-order valence-corrected chi connectivity index (χ1v) is 10.6. The molecule has 156 valence electrons. The van der Waals surface area contributed by atoms with Crippen molar-refractivity contribution in [2.75, 3.05) is 11.9 Å². The number of carbonyl (C=O) groups is 1. The first-order chi connectivity index (χ1) is 14.9. The molecular formula is C21H15FIN5O3. The summed E-state index contributed by atoms with van der Waals surface area (Å²) in [6.07, 6.45) is 0.542. The van der Waals surface area contributed by atoms with E-state index in [1.54, 1.807) is 27.7 Å². The van der Waals surface area contributed by atoms with Crippen LogP contribution in [-0.4, -0.2) is 31.7 Å². The molecule has 1 fully saturated rings. The maximum Gasteiger partial charge on any atom is 0.336 e. The van der Waals surface area contributed by atoms with Gasteiger partial charge in [0.05, 0.1) is 23.3 Å². The summed E-state index contributed by atoms with van der Waals surface area (Å²) in [5, 5.41) is 22.8. The number of fused-ring (bicyclic) bond motifs is 5. The van der Waals surface area contributed by atoms with Crippen molar-refractivity contribution in [3.05, 3.63) is 73.6 Å². The number of nitriles is 1. The lowest BCUT2D eigenvalue weighted by Gasteiger charge is -2.27. The molecule has 1 aromatic heterocycles. The Hall–Kier alpha value is -3.33. The highest BCUT2D eigenvalue weighted by molar-refractivity contribution is 14.1. The van der Waals surface area contributed by atoms with Gasteiger partial charge in [0.25, 0.3) is 0 Å². The van der Waals surface area contributed by atoms with E-state index >= 15 is 0 Å². The van der Waals surface area contributed by atoms with Crippen LogP contribution < -0.4 is 11.0 Å². The van der Waals surface area contributed by atoms with Gasteiger partial charge in [-0.05, 0) is 71.5 Å². The molecule has 0 radical (unpaired) electrons. The second-order valence-electron chi connectivity index (χ2n) is 7.47. The molecule has 2 aromatic carbocycles. The van der Waals surface area contributed by atoms with Gasteiger partial charge in [-0.15, -0.1) is 0 Å². The number of halogens is 2. The van der Waals surface area contributed by atoms with Gasteiger partial charge in [0.1, 0.15) is 17.6 Å². The minimum absolute atomic E-state index is 0.211. The van der Waals surface area contributed by atoms with Gasteiger partial charge in [-0.3, -0.25) is 4.57 Å². The van der Waals surface area contributed by atoms with Crippen LogP contribution in [0.1, 0.15) is 29.8 Å². The second kappa shape index (κ2) is 7.12. The minimum Gasteiger partial charge on any atom is -0.493 e. The fourth-order valence-corrected chi connectivity index (χ4v) is 4.99. The molecule has 2 bridgehead atoms. The molecule has 1 saturated heterocycles. The van der Waals surface area contributed by atoms with E-state index in [1.807, 2.05) is 22.6 Å². The third-order valence-corrected chi connectivity index (χ3v) is 6.64. The smallest absolute Gasteiger partial charge is 0.336 e. The molecule has 2 N–H and O–H groups in total. The van der Waals surface area contributed by atoms with Crippen molar-refractivity contribution in [1.82, 2.24) is 14.0 Å². The lowest BCUT2D eigenvalue weighted by atomic mass is 10.2. The van der Waals surface area contributed by atoms with Crippen LogP contribution in [0, 0.1) is 20.7 Å². The molecule has 0 unspecified atom stereocenters. The average Bonchev–Trinajstić information content (AvgIpc) is 3.41. The van der Waals surface area contributed by atoms with E-state index in [4.69, 9.17) is 5.26 Å². The molecule has 0 spiro atoms. The maximum absolute atomic E-state index is 13.1. The van der Waals surface area contributed by atoms with Crippen LogP contribution in [-0.2, 0) is 0 Å². The predicted octanol–water partition coefficient (Wildman–Crippen LogP) is 3.49. The number of aromatic nitrogens is 2. The molecule has 8 nitrogen and oxygen atoms in total. The number of carbonyl (C=O) groups excluding carboxylic acids is 1. The van der Waals surface area contributed by atoms with E-state index in [-0.39, 0.29) is 23.6 Å². The van der Waals surface area contributed by atoms with E-state index in [9.17, 15) is 19.1 Å². The van der Waals surface area contributed by atoms with Crippen molar-refractivity contribution in [2.45, 2.75) is 18.5 Å². The van der Waals surface area contributed by atoms with Gasteiger partial charge >= 0.3 is 11.7 Å². The Morgan fingerprint density at radius 1 is 1.26 bits per heavy atom. The zero-order chi connectivity index (χ0) is 21.9.